The van der Waals surface area contributed by atoms with E-state index in [0.717, 1.165) is 0 Å². The van der Waals surface area contributed by atoms with Gasteiger partial charge in [0.25, 0.3) is 0 Å². The first-order valence-electron chi connectivity index (χ1n) is 8.74. The molecule has 0 atom stereocenters. The van der Waals surface area contributed by atoms with Crippen molar-refractivity contribution in [2.75, 3.05) is 0 Å². The molecule has 0 saturated carbocycles. The van der Waals surface area contributed by atoms with Crippen LogP contribution in [0.3, 0.4) is 0 Å². The SMILES string of the molecule is CCC(=O)Oc1ccc(-c2cc(=O)c3c(O)cc(OC(=O)CC)cc3o2)cc1. The van der Waals surface area contributed by atoms with Crippen LogP contribution >= 0.6 is 0 Å². The molecule has 1 aromatic heterocycles. The summed E-state index contributed by atoms with van der Waals surface area (Å²) in [6, 6.07) is 10.3. The van der Waals surface area contributed by atoms with Crippen LogP contribution in [0.2, 0.25) is 0 Å². The first-order chi connectivity index (χ1) is 13.4. The van der Waals surface area contributed by atoms with E-state index in [9.17, 15) is 19.5 Å². The van der Waals surface area contributed by atoms with Crippen LogP contribution in [-0.4, -0.2) is 17.0 Å². The number of hydrogen-bond donors (Lipinski definition) is 1. The van der Waals surface area contributed by atoms with E-state index in [4.69, 9.17) is 13.9 Å². The van der Waals surface area contributed by atoms with Crippen molar-refractivity contribution in [3.63, 3.8) is 0 Å². The van der Waals surface area contributed by atoms with Crippen LogP contribution in [0.5, 0.6) is 17.2 Å². The van der Waals surface area contributed by atoms with E-state index < -0.39 is 11.4 Å². The van der Waals surface area contributed by atoms with E-state index >= 15 is 0 Å². The zero-order valence-corrected chi connectivity index (χ0v) is 15.4. The molecule has 0 fully saturated rings. The largest absolute Gasteiger partial charge is 0.507 e. The molecule has 0 spiro atoms. The Morgan fingerprint density at radius 1 is 0.929 bits per heavy atom. The van der Waals surface area contributed by atoms with Crippen LogP contribution in [0.4, 0.5) is 0 Å². The van der Waals surface area contributed by atoms with Crippen molar-refractivity contribution in [3.8, 4) is 28.6 Å². The first kappa shape index (κ1) is 19.2. The molecule has 3 rings (SSSR count). The Hall–Kier alpha value is -3.61. The quantitative estimate of drug-likeness (QED) is 0.529. The molecule has 0 unspecified atom stereocenters. The van der Waals surface area contributed by atoms with Crippen LogP contribution in [0.15, 0.2) is 51.7 Å². The molecule has 0 bridgehead atoms. The maximum Gasteiger partial charge on any atom is 0.310 e. The van der Waals surface area contributed by atoms with E-state index in [1.165, 1.54) is 18.2 Å². The molecule has 0 aliphatic rings. The van der Waals surface area contributed by atoms with Crippen molar-refractivity contribution in [2.45, 2.75) is 26.7 Å². The smallest absolute Gasteiger partial charge is 0.310 e. The van der Waals surface area contributed by atoms with Crippen LogP contribution in [0, 0.1) is 0 Å². The minimum atomic E-state index is -0.477. The lowest BCUT2D eigenvalue weighted by atomic mass is 10.1. The summed E-state index contributed by atoms with van der Waals surface area (Å²) in [7, 11) is 0. The van der Waals surface area contributed by atoms with Gasteiger partial charge in [-0.3, -0.25) is 14.4 Å². The maximum absolute atomic E-state index is 12.4. The molecular weight excluding hydrogens is 364 g/mol. The number of carbonyl (C=O) groups is 2. The summed E-state index contributed by atoms with van der Waals surface area (Å²) in [6.45, 7) is 3.34. The van der Waals surface area contributed by atoms with Crippen molar-refractivity contribution in [2.24, 2.45) is 0 Å². The molecule has 7 heteroatoms. The Kier molecular flexibility index (Phi) is 5.44. The van der Waals surface area contributed by atoms with Gasteiger partial charge < -0.3 is 19.0 Å². The Morgan fingerprint density at radius 2 is 1.54 bits per heavy atom. The van der Waals surface area contributed by atoms with Gasteiger partial charge in [0.05, 0.1) is 0 Å². The van der Waals surface area contributed by atoms with Crippen molar-refractivity contribution in [3.05, 3.63) is 52.7 Å². The highest BCUT2D eigenvalue weighted by Crippen LogP contribution is 2.31. The third kappa shape index (κ3) is 4.03. The third-order valence-corrected chi connectivity index (χ3v) is 3.96. The molecule has 1 N–H and O–H groups in total. The summed E-state index contributed by atoms with van der Waals surface area (Å²) >= 11 is 0. The second-order valence-corrected chi connectivity index (χ2v) is 5.97. The van der Waals surface area contributed by atoms with E-state index in [1.54, 1.807) is 38.1 Å². The van der Waals surface area contributed by atoms with Crippen molar-refractivity contribution < 1.29 is 28.6 Å². The lowest BCUT2D eigenvalue weighted by molar-refractivity contribution is -0.134. The normalized spacial score (nSPS) is 10.6. The molecule has 28 heavy (non-hydrogen) atoms. The number of esters is 2. The summed E-state index contributed by atoms with van der Waals surface area (Å²) in [6.07, 6.45) is 0.424. The molecule has 2 aromatic carbocycles. The second-order valence-electron chi connectivity index (χ2n) is 5.97. The molecule has 0 saturated heterocycles. The van der Waals surface area contributed by atoms with Crippen molar-refractivity contribution in [1.82, 2.24) is 0 Å². The Labute approximate surface area is 160 Å². The van der Waals surface area contributed by atoms with Crippen molar-refractivity contribution in [1.29, 1.82) is 0 Å². The number of hydrogen-bond acceptors (Lipinski definition) is 7. The fourth-order valence-corrected chi connectivity index (χ4v) is 2.54. The number of benzene rings is 2. The number of phenols is 1. The fourth-order valence-electron chi connectivity index (χ4n) is 2.54. The molecule has 0 aliphatic carbocycles. The van der Waals surface area contributed by atoms with E-state index in [-0.39, 0.29) is 47.0 Å². The lowest BCUT2D eigenvalue weighted by Gasteiger charge is -2.08. The molecule has 0 amide bonds. The number of carbonyl (C=O) groups excluding carboxylic acids is 2. The zero-order valence-electron chi connectivity index (χ0n) is 15.4. The standard InChI is InChI=1S/C21H18O7/c1-3-19(24)26-13-7-5-12(6-8-13)17-11-16(23)21-15(22)9-14(10-18(21)28-17)27-20(25)4-2/h5-11,22H,3-4H2,1-2H3. The van der Waals surface area contributed by atoms with Crippen LogP contribution in [-0.2, 0) is 9.59 Å². The average molecular weight is 382 g/mol. The highest BCUT2D eigenvalue weighted by Gasteiger charge is 2.14. The molecule has 0 aliphatic heterocycles. The predicted octanol–water partition coefficient (Wildman–Crippen LogP) is 3.80. The van der Waals surface area contributed by atoms with Crippen LogP contribution in [0.1, 0.15) is 26.7 Å². The zero-order chi connectivity index (χ0) is 20.3. The third-order valence-electron chi connectivity index (χ3n) is 3.96. The van der Waals surface area contributed by atoms with Gasteiger partial charge >= 0.3 is 11.9 Å². The minimum Gasteiger partial charge on any atom is -0.507 e. The summed E-state index contributed by atoms with van der Waals surface area (Å²) in [4.78, 5) is 35.3. The highest BCUT2D eigenvalue weighted by atomic mass is 16.5. The van der Waals surface area contributed by atoms with Gasteiger partial charge in [0.2, 0.25) is 0 Å². The van der Waals surface area contributed by atoms with Crippen molar-refractivity contribution >= 4 is 22.9 Å². The highest BCUT2D eigenvalue weighted by molar-refractivity contribution is 5.87. The van der Waals surface area contributed by atoms with Crippen LogP contribution in [0.25, 0.3) is 22.3 Å². The Morgan fingerprint density at radius 3 is 2.14 bits per heavy atom. The first-order valence-corrected chi connectivity index (χ1v) is 8.74. The average Bonchev–Trinajstić information content (AvgIpc) is 2.67. The van der Waals surface area contributed by atoms with Gasteiger partial charge in [0.15, 0.2) is 5.43 Å². The Balaban J connectivity index is 2.01. The Bertz CT molecular complexity index is 1090. The van der Waals surface area contributed by atoms with Gasteiger partial charge in [-0.2, -0.15) is 0 Å². The number of ether oxygens (including phenoxy) is 2. The molecule has 3 aromatic rings. The van der Waals surface area contributed by atoms with E-state index in [0.29, 0.717) is 11.3 Å². The van der Waals surface area contributed by atoms with Gasteiger partial charge in [-0.1, -0.05) is 13.8 Å². The molecule has 144 valence electrons. The van der Waals surface area contributed by atoms with Gasteiger partial charge in [-0.25, -0.2) is 0 Å². The number of rotatable bonds is 5. The molecule has 7 nitrogen and oxygen atoms in total. The lowest BCUT2D eigenvalue weighted by Crippen LogP contribution is -2.06. The van der Waals surface area contributed by atoms with E-state index in [1.807, 2.05) is 0 Å². The molecule has 1 heterocycles. The van der Waals surface area contributed by atoms with Gasteiger partial charge in [0.1, 0.15) is 34.0 Å². The monoisotopic (exact) mass is 382 g/mol. The second kappa shape index (κ2) is 7.96. The van der Waals surface area contributed by atoms with E-state index in [2.05, 4.69) is 0 Å². The van der Waals surface area contributed by atoms with Gasteiger partial charge in [0, 0.05) is 36.6 Å². The predicted molar refractivity (Wildman–Crippen MR) is 101 cm³/mol. The number of phenolic OH excluding ortho intramolecular Hbond substituents is 1. The summed E-state index contributed by atoms with van der Waals surface area (Å²) in [5.41, 5.74) is 0.220. The minimum absolute atomic E-state index is 0.00598. The number of fused-ring (bicyclic) bond motifs is 1. The van der Waals surface area contributed by atoms with Gasteiger partial charge in [-0.15, -0.1) is 0 Å². The number of aromatic hydroxyl groups is 1. The maximum atomic E-state index is 12.4. The molecular formula is C21H18O7. The van der Waals surface area contributed by atoms with Crippen LogP contribution < -0.4 is 14.9 Å². The summed E-state index contributed by atoms with van der Waals surface area (Å²) in [5, 5.41) is 10.1. The van der Waals surface area contributed by atoms with Gasteiger partial charge in [-0.05, 0) is 24.3 Å². The topological polar surface area (TPSA) is 103 Å². The summed E-state index contributed by atoms with van der Waals surface area (Å²) < 4.78 is 16.0. The summed E-state index contributed by atoms with van der Waals surface area (Å²) in [5.74, 6) is -0.448. The fraction of sp³-hybridized carbons (Fsp3) is 0.190. The molecule has 0 radical (unpaired) electrons.